The molecule has 14 nitrogen and oxygen atoms in total. The minimum Gasteiger partial charge on any atom is -0.450 e. The molecule has 5 amide bonds. The molecule has 0 aromatic carbocycles. The second-order valence-corrected chi connectivity index (χ2v) is 15.0. The van der Waals surface area contributed by atoms with E-state index < -0.39 is 65.9 Å². The minimum absolute atomic E-state index is 0.0111. The molecule has 4 aliphatic heterocycles. The quantitative estimate of drug-likeness (QED) is 0.364. The third kappa shape index (κ3) is 7.96. The summed E-state index contributed by atoms with van der Waals surface area (Å²) in [4.78, 5) is 88.0. The molecule has 4 rings (SSSR count). The zero-order valence-corrected chi connectivity index (χ0v) is 30.0. The maximum atomic E-state index is 14.4. The Morgan fingerprint density at radius 1 is 0.812 bits per heavy atom. The molecule has 0 radical (unpaired) electrons. The highest BCUT2D eigenvalue weighted by molar-refractivity contribution is 5.97. The van der Waals surface area contributed by atoms with Crippen molar-refractivity contribution in [3.05, 3.63) is 0 Å². The lowest BCUT2D eigenvalue weighted by Gasteiger charge is -2.44. The summed E-state index contributed by atoms with van der Waals surface area (Å²) in [5.41, 5.74) is 6.16. The molecule has 48 heavy (non-hydrogen) atoms. The van der Waals surface area contributed by atoms with Crippen LogP contribution in [0.3, 0.4) is 0 Å². The summed E-state index contributed by atoms with van der Waals surface area (Å²) in [6.07, 6.45) is 2.05. The number of nitrogens with zero attached hydrogens (tertiary/aromatic N) is 4. The van der Waals surface area contributed by atoms with Gasteiger partial charge in [0.2, 0.25) is 17.7 Å². The number of amides is 5. The fraction of sp³-hybridized carbons (Fsp3) is 0.824. The average molecular weight is 676 g/mol. The molecular formula is C34H57N7O7. The molecule has 0 saturated carbocycles. The second-order valence-electron chi connectivity index (χ2n) is 15.0. The van der Waals surface area contributed by atoms with E-state index in [4.69, 9.17) is 4.74 Å². The van der Waals surface area contributed by atoms with Crippen LogP contribution < -0.4 is 16.2 Å². The molecule has 4 saturated heterocycles. The summed E-state index contributed by atoms with van der Waals surface area (Å²) in [5, 5.41) is 5.48. The highest BCUT2D eigenvalue weighted by Gasteiger charge is 2.48. The monoisotopic (exact) mass is 675 g/mol. The van der Waals surface area contributed by atoms with Crippen molar-refractivity contribution in [3.8, 4) is 0 Å². The van der Waals surface area contributed by atoms with Gasteiger partial charge in [0.1, 0.15) is 30.2 Å². The van der Waals surface area contributed by atoms with E-state index in [2.05, 4.69) is 16.2 Å². The fourth-order valence-electron chi connectivity index (χ4n) is 7.27. The summed E-state index contributed by atoms with van der Waals surface area (Å²) in [6, 6.07) is -4.64. The fourth-order valence-corrected chi connectivity index (χ4v) is 7.27. The predicted molar refractivity (Wildman–Crippen MR) is 177 cm³/mol. The highest BCUT2D eigenvalue weighted by atomic mass is 16.6. The van der Waals surface area contributed by atoms with Crippen LogP contribution in [0.4, 0.5) is 0 Å². The van der Waals surface area contributed by atoms with Crippen molar-refractivity contribution in [2.75, 3.05) is 26.7 Å². The number of rotatable bonds is 5. The number of nitrogens with one attached hydrogen (secondary N) is 3. The Morgan fingerprint density at radius 2 is 1.40 bits per heavy atom. The van der Waals surface area contributed by atoms with Crippen molar-refractivity contribution in [3.63, 3.8) is 0 Å². The van der Waals surface area contributed by atoms with Gasteiger partial charge in [0.15, 0.2) is 6.10 Å². The van der Waals surface area contributed by atoms with Gasteiger partial charge >= 0.3 is 5.97 Å². The minimum atomic E-state index is -1.24. The SMILES string of the molecule is CC[C@H](C)[C@H]1NC(=O)[C@@H]2C[C@H](C)CN2C(=O)[C@@H](CC(C)C)N(C)C(=O)[C@@H]2CCCNN2C(=O)[C@H]2CCCNN2C(=O)[C@H](C(C)C)OC1=O. The first-order valence-electron chi connectivity index (χ1n) is 17.9. The summed E-state index contributed by atoms with van der Waals surface area (Å²) in [5.74, 6) is -3.65. The van der Waals surface area contributed by atoms with E-state index in [9.17, 15) is 28.8 Å². The van der Waals surface area contributed by atoms with E-state index in [1.54, 1.807) is 25.8 Å². The van der Waals surface area contributed by atoms with Crippen molar-refractivity contribution in [2.24, 2.45) is 23.7 Å². The molecule has 8 atom stereocenters. The number of hydrazine groups is 2. The Bertz CT molecular complexity index is 1230. The number of carbonyl (C=O) groups excluding carboxylic acids is 6. The Morgan fingerprint density at radius 3 is 1.96 bits per heavy atom. The third-order valence-electron chi connectivity index (χ3n) is 10.3. The second kappa shape index (κ2) is 16.0. The van der Waals surface area contributed by atoms with Gasteiger partial charge in [-0.3, -0.25) is 34.0 Å². The lowest BCUT2D eigenvalue weighted by Crippen LogP contribution is -2.68. The summed E-state index contributed by atoms with van der Waals surface area (Å²) >= 11 is 0. The largest absolute Gasteiger partial charge is 0.450 e. The van der Waals surface area contributed by atoms with E-state index in [0.29, 0.717) is 64.6 Å². The van der Waals surface area contributed by atoms with Crippen LogP contribution >= 0.6 is 0 Å². The third-order valence-corrected chi connectivity index (χ3v) is 10.3. The van der Waals surface area contributed by atoms with Gasteiger partial charge in [0, 0.05) is 26.7 Å². The Hall–Kier alpha value is -3.26. The van der Waals surface area contributed by atoms with Crippen LogP contribution in [-0.4, -0.2) is 118 Å². The molecule has 4 fully saturated rings. The number of hydrogen-bond donors (Lipinski definition) is 3. The number of hydrogen-bond acceptors (Lipinski definition) is 9. The number of esters is 1. The molecule has 0 unspecified atom stereocenters. The summed E-state index contributed by atoms with van der Waals surface area (Å²) in [6.45, 7) is 14.4. The van der Waals surface area contributed by atoms with Gasteiger partial charge in [0.05, 0.1) is 0 Å². The average Bonchev–Trinajstić information content (AvgIpc) is 3.47. The van der Waals surface area contributed by atoms with E-state index in [0.717, 1.165) is 0 Å². The first-order valence-corrected chi connectivity index (χ1v) is 17.9. The lowest BCUT2D eigenvalue weighted by atomic mass is 9.97. The van der Waals surface area contributed by atoms with Crippen molar-refractivity contribution < 1.29 is 33.5 Å². The standard InChI is InChI=1S/C34H57N7O7/c1-9-22(7)27-34(47)48-28(20(4)5)33(46)41-24(13-11-15-36-41)32(45)40-23(12-10-14-35-40)30(43)38(8)26(16-19(2)3)31(44)39-18-21(6)17-25(39)29(42)37-27/h19-28,35-36H,9-18H2,1-8H3,(H,37,42)/t21-,22-,23-,24+,25-,26+,27+,28-/m0/s1. The zero-order chi connectivity index (χ0) is 35.4. The molecule has 0 aromatic heterocycles. The number of likely N-dealkylation sites (N-methyl/N-ethyl adjacent to an activating group) is 1. The van der Waals surface area contributed by atoms with Gasteiger partial charge in [-0.05, 0) is 62.2 Å². The number of fused-ring (bicyclic) bond motifs is 3. The van der Waals surface area contributed by atoms with Gasteiger partial charge in [-0.15, -0.1) is 0 Å². The topological polar surface area (TPSA) is 161 Å². The smallest absolute Gasteiger partial charge is 0.329 e. The highest BCUT2D eigenvalue weighted by Crippen LogP contribution is 2.29. The van der Waals surface area contributed by atoms with Crippen LogP contribution in [0, 0.1) is 23.7 Å². The molecule has 3 N–H and O–H groups in total. The van der Waals surface area contributed by atoms with Gasteiger partial charge in [-0.25, -0.2) is 15.6 Å². The van der Waals surface area contributed by atoms with Crippen molar-refractivity contribution in [1.82, 2.24) is 36.0 Å². The molecule has 0 aliphatic carbocycles. The van der Waals surface area contributed by atoms with Crippen LogP contribution in [0.5, 0.6) is 0 Å². The van der Waals surface area contributed by atoms with Crippen LogP contribution in [0.1, 0.15) is 93.4 Å². The summed E-state index contributed by atoms with van der Waals surface area (Å²) < 4.78 is 5.92. The molecule has 0 bridgehead atoms. The lowest BCUT2D eigenvalue weighted by molar-refractivity contribution is -0.174. The van der Waals surface area contributed by atoms with Gasteiger partial charge in [-0.2, -0.15) is 0 Å². The number of carbonyl (C=O) groups is 6. The van der Waals surface area contributed by atoms with E-state index in [-0.39, 0.29) is 29.6 Å². The van der Waals surface area contributed by atoms with Crippen LogP contribution in [0.25, 0.3) is 0 Å². The predicted octanol–water partition coefficient (Wildman–Crippen LogP) is 1.20. The molecule has 0 spiro atoms. The van der Waals surface area contributed by atoms with Crippen LogP contribution in [0.2, 0.25) is 0 Å². The maximum Gasteiger partial charge on any atom is 0.329 e. The van der Waals surface area contributed by atoms with E-state index in [1.165, 1.54) is 14.9 Å². The van der Waals surface area contributed by atoms with Crippen LogP contribution in [0.15, 0.2) is 0 Å². The molecule has 0 aromatic rings. The zero-order valence-electron chi connectivity index (χ0n) is 30.0. The first kappa shape index (κ1) is 37.6. The molecule has 4 aliphatic rings. The van der Waals surface area contributed by atoms with E-state index >= 15 is 0 Å². The van der Waals surface area contributed by atoms with Crippen molar-refractivity contribution >= 4 is 35.5 Å². The maximum absolute atomic E-state index is 14.4. The number of ether oxygens (including phenoxy) is 1. The Kier molecular flexibility index (Phi) is 12.5. The van der Waals surface area contributed by atoms with Crippen molar-refractivity contribution in [1.29, 1.82) is 0 Å². The van der Waals surface area contributed by atoms with Gasteiger partial charge < -0.3 is 19.9 Å². The number of cyclic esters (lactones) is 1. The van der Waals surface area contributed by atoms with Gasteiger partial charge in [-0.1, -0.05) is 54.9 Å². The summed E-state index contributed by atoms with van der Waals surface area (Å²) in [7, 11) is 1.59. The van der Waals surface area contributed by atoms with E-state index in [1.807, 2.05) is 34.6 Å². The van der Waals surface area contributed by atoms with Gasteiger partial charge in [0.25, 0.3) is 11.8 Å². The molecule has 270 valence electrons. The van der Waals surface area contributed by atoms with Crippen LogP contribution in [-0.2, 0) is 33.5 Å². The molecule has 14 heteroatoms. The molecule has 4 heterocycles. The molecular weight excluding hydrogens is 618 g/mol. The van der Waals surface area contributed by atoms with Crippen molar-refractivity contribution in [2.45, 2.75) is 130 Å². The first-order chi connectivity index (χ1) is 22.7. The Balaban J connectivity index is 1.82. The Labute approximate surface area is 284 Å². The normalized spacial score (nSPS) is 32.4.